The highest BCUT2D eigenvalue weighted by Gasteiger charge is 2.20. The SMILES string of the molecule is O=C(CCn1cccn1)N[C@H]1CCCOc2ccccc21. The molecule has 1 amide bonds. The molecule has 1 aromatic carbocycles. The molecule has 1 atom stereocenters. The van der Waals surface area contributed by atoms with Gasteiger partial charge in [-0.15, -0.1) is 0 Å². The zero-order valence-corrected chi connectivity index (χ0v) is 11.9. The lowest BCUT2D eigenvalue weighted by Gasteiger charge is -2.18. The van der Waals surface area contributed by atoms with Gasteiger partial charge < -0.3 is 10.1 Å². The molecule has 2 heterocycles. The maximum absolute atomic E-state index is 12.1. The summed E-state index contributed by atoms with van der Waals surface area (Å²) in [5, 5.41) is 7.22. The summed E-state index contributed by atoms with van der Waals surface area (Å²) in [5.74, 6) is 0.930. The standard InChI is InChI=1S/C16H19N3O2/c20-16(8-11-19-10-4-9-17-19)18-14-6-3-12-21-15-7-2-1-5-13(14)15/h1-2,4-5,7,9-10,14H,3,6,8,11-12H2,(H,18,20)/t14-/m0/s1. The third-order valence-corrected chi connectivity index (χ3v) is 3.65. The monoisotopic (exact) mass is 285 g/mol. The summed E-state index contributed by atoms with van der Waals surface area (Å²) in [6, 6.07) is 9.82. The lowest BCUT2D eigenvalue weighted by molar-refractivity contribution is -0.122. The van der Waals surface area contributed by atoms with E-state index in [4.69, 9.17) is 4.74 Å². The molecule has 5 nitrogen and oxygen atoms in total. The fraction of sp³-hybridized carbons (Fsp3) is 0.375. The topological polar surface area (TPSA) is 56.2 Å². The van der Waals surface area contributed by atoms with Crippen LogP contribution in [0.5, 0.6) is 5.75 Å². The van der Waals surface area contributed by atoms with Crippen LogP contribution in [0.2, 0.25) is 0 Å². The average molecular weight is 285 g/mol. The van der Waals surface area contributed by atoms with Gasteiger partial charge in [0.05, 0.1) is 12.6 Å². The number of carbonyl (C=O) groups excluding carboxylic acids is 1. The molecule has 1 aliphatic heterocycles. The summed E-state index contributed by atoms with van der Waals surface area (Å²) in [6.45, 7) is 1.31. The number of amides is 1. The van der Waals surface area contributed by atoms with E-state index in [1.807, 2.05) is 36.5 Å². The van der Waals surface area contributed by atoms with Crippen LogP contribution >= 0.6 is 0 Å². The molecule has 0 saturated heterocycles. The molecule has 21 heavy (non-hydrogen) atoms. The highest BCUT2D eigenvalue weighted by Crippen LogP contribution is 2.31. The van der Waals surface area contributed by atoms with Gasteiger partial charge in [-0.3, -0.25) is 9.48 Å². The van der Waals surface area contributed by atoms with Crippen molar-refractivity contribution in [2.24, 2.45) is 0 Å². The van der Waals surface area contributed by atoms with Crippen molar-refractivity contribution in [2.75, 3.05) is 6.61 Å². The molecule has 5 heteroatoms. The molecule has 0 unspecified atom stereocenters. The molecule has 0 bridgehead atoms. The Morgan fingerprint density at radius 3 is 3.14 bits per heavy atom. The smallest absolute Gasteiger partial charge is 0.222 e. The predicted molar refractivity (Wildman–Crippen MR) is 78.9 cm³/mol. The number of aryl methyl sites for hydroxylation is 1. The van der Waals surface area contributed by atoms with Gasteiger partial charge in [0.25, 0.3) is 0 Å². The molecule has 0 aliphatic carbocycles. The molecule has 1 aromatic heterocycles. The van der Waals surface area contributed by atoms with E-state index in [0.29, 0.717) is 19.6 Å². The minimum Gasteiger partial charge on any atom is -0.493 e. The van der Waals surface area contributed by atoms with Gasteiger partial charge in [0, 0.05) is 30.9 Å². The Morgan fingerprint density at radius 1 is 1.38 bits per heavy atom. The molecule has 3 rings (SSSR count). The summed E-state index contributed by atoms with van der Waals surface area (Å²) >= 11 is 0. The Balaban J connectivity index is 1.62. The number of hydrogen-bond donors (Lipinski definition) is 1. The number of nitrogens with one attached hydrogen (secondary N) is 1. The van der Waals surface area contributed by atoms with Crippen LogP contribution in [0.1, 0.15) is 30.9 Å². The first-order chi connectivity index (χ1) is 10.3. The van der Waals surface area contributed by atoms with E-state index in [2.05, 4.69) is 10.4 Å². The second-order valence-corrected chi connectivity index (χ2v) is 5.17. The van der Waals surface area contributed by atoms with Crippen molar-refractivity contribution in [3.8, 4) is 5.75 Å². The van der Waals surface area contributed by atoms with Crippen LogP contribution < -0.4 is 10.1 Å². The number of para-hydroxylation sites is 1. The van der Waals surface area contributed by atoms with Crippen molar-refractivity contribution >= 4 is 5.91 Å². The third-order valence-electron chi connectivity index (χ3n) is 3.65. The second kappa shape index (κ2) is 6.43. The number of aromatic nitrogens is 2. The summed E-state index contributed by atoms with van der Waals surface area (Å²) in [5.41, 5.74) is 1.07. The van der Waals surface area contributed by atoms with E-state index < -0.39 is 0 Å². The van der Waals surface area contributed by atoms with Crippen LogP contribution in [0.4, 0.5) is 0 Å². The number of rotatable bonds is 4. The molecule has 0 radical (unpaired) electrons. The van der Waals surface area contributed by atoms with Gasteiger partial charge in [0.2, 0.25) is 5.91 Å². The first-order valence-electron chi connectivity index (χ1n) is 7.31. The van der Waals surface area contributed by atoms with Crippen LogP contribution in [-0.2, 0) is 11.3 Å². The van der Waals surface area contributed by atoms with Crippen molar-refractivity contribution in [2.45, 2.75) is 31.8 Å². The van der Waals surface area contributed by atoms with Gasteiger partial charge >= 0.3 is 0 Å². The number of nitrogens with zero attached hydrogens (tertiary/aromatic N) is 2. The lowest BCUT2D eigenvalue weighted by atomic mass is 10.0. The van der Waals surface area contributed by atoms with Crippen LogP contribution in [-0.4, -0.2) is 22.3 Å². The van der Waals surface area contributed by atoms with Gasteiger partial charge in [-0.2, -0.15) is 5.10 Å². The zero-order chi connectivity index (χ0) is 14.5. The van der Waals surface area contributed by atoms with Crippen LogP contribution in [0.3, 0.4) is 0 Å². The normalized spacial score (nSPS) is 17.4. The minimum absolute atomic E-state index is 0.0359. The van der Waals surface area contributed by atoms with Gasteiger partial charge in [-0.05, 0) is 25.0 Å². The number of carbonyl (C=O) groups is 1. The van der Waals surface area contributed by atoms with E-state index in [9.17, 15) is 4.79 Å². The van der Waals surface area contributed by atoms with E-state index in [1.165, 1.54) is 0 Å². The van der Waals surface area contributed by atoms with E-state index in [1.54, 1.807) is 10.9 Å². The van der Waals surface area contributed by atoms with Gasteiger partial charge in [-0.25, -0.2) is 0 Å². The number of fused-ring (bicyclic) bond motifs is 1. The van der Waals surface area contributed by atoms with E-state index >= 15 is 0 Å². The average Bonchev–Trinajstić information content (AvgIpc) is 2.94. The Hall–Kier alpha value is -2.30. The van der Waals surface area contributed by atoms with Gasteiger partial charge in [0.15, 0.2) is 0 Å². The molecule has 0 fully saturated rings. The minimum atomic E-state index is 0.0359. The number of benzene rings is 1. The maximum atomic E-state index is 12.1. The summed E-state index contributed by atoms with van der Waals surface area (Å²) in [7, 11) is 0. The number of ether oxygens (including phenoxy) is 1. The Bertz CT molecular complexity index is 595. The molecule has 0 spiro atoms. The molecule has 110 valence electrons. The lowest BCUT2D eigenvalue weighted by Crippen LogP contribution is -2.29. The molecular formula is C16H19N3O2. The number of hydrogen-bond acceptors (Lipinski definition) is 3. The van der Waals surface area contributed by atoms with Crippen molar-refractivity contribution in [3.63, 3.8) is 0 Å². The maximum Gasteiger partial charge on any atom is 0.222 e. The summed E-state index contributed by atoms with van der Waals surface area (Å²) in [6.07, 6.45) is 5.86. The van der Waals surface area contributed by atoms with Gasteiger partial charge in [-0.1, -0.05) is 18.2 Å². The van der Waals surface area contributed by atoms with Crippen LogP contribution in [0.25, 0.3) is 0 Å². The quantitative estimate of drug-likeness (QED) is 0.937. The highest BCUT2D eigenvalue weighted by atomic mass is 16.5. The third kappa shape index (κ3) is 3.42. The highest BCUT2D eigenvalue weighted by molar-refractivity contribution is 5.76. The van der Waals surface area contributed by atoms with Crippen LogP contribution in [0.15, 0.2) is 42.7 Å². The van der Waals surface area contributed by atoms with E-state index in [0.717, 1.165) is 24.2 Å². The molecule has 1 aliphatic rings. The van der Waals surface area contributed by atoms with E-state index in [-0.39, 0.29) is 11.9 Å². The first kappa shape index (κ1) is 13.7. The largest absolute Gasteiger partial charge is 0.493 e. The summed E-state index contributed by atoms with van der Waals surface area (Å²) in [4.78, 5) is 12.1. The molecule has 0 saturated carbocycles. The molecule has 1 N–H and O–H groups in total. The Morgan fingerprint density at radius 2 is 2.29 bits per heavy atom. The molecule has 2 aromatic rings. The Labute approximate surface area is 123 Å². The fourth-order valence-corrected chi connectivity index (χ4v) is 2.59. The fourth-order valence-electron chi connectivity index (χ4n) is 2.59. The van der Waals surface area contributed by atoms with Crippen molar-refractivity contribution in [3.05, 3.63) is 48.3 Å². The zero-order valence-electron chi connectivity index (χ0n) is 11.9. The van der Waals surface area contributed by atoms with Crippen molar-refractivity contribution in [1.29, 1.82) is 0 Å². The molecular weight excluding hydrogens is 266 g/mol. The summed E-state index contributed by atoms with van der Waals surface area (Å²) < 4.78 is 7.48. The Kier molecular flexibility index (Phi) is 4.19. The van der Waals surface area contributed by atoms with Crippen LogP contribution in [0, 0.1) is 0 Å². The first-order valence-corrected chi connectivity index (χ1v) is 7.31. The van der Waals surface area contributed by atoms with Crippen molar-refractivity contribution in [1.82, 2.24) is 15.1 Å². The predicted octanol–water partition coefficient (Wildman–Crippen LogP) is 2.30. The second-order valence-electron chi connectivity index (χ2n) is 5.17. The van der Waals surface area contributed by atoms with Gasteiger partial charge in [0.1, 0.15) is 5.75 Å². The van der Waals surface area contributed by atoms with Crippen molar-refractivity contribution < 1.29 is 9.53 Å².